The van der Waals surface area contributed by atoms with Crippen LogP contribution in [0, 0.1) is 0 Å². The molecular formula is C66H39N5O. The molecule has 0 atom stereocenters. The highest BCUT2D eigenvalue weighted by molar-refractivity contribution is 6.22. The standard InChI is InChI=1S/C66H39N5O/c1-2-15-44(16-3-1)69-56-22-10-7-19-48(56)54-38-42(29-36-59(54)69)43-30-37-60-55(39-43)49-20-8-12-24-58(49)71(60)66-67-62(53-33-28-40-14-4-5-17-46(40)63(53)68-66)41-26-31-45(32-27-41)70-57-23-11-6-18-47(57)51-34-35-52-50-21-9-13-25-61(50)72-65(52)64(51)70/h1-39H. The SMILES string of the molecule is c1ccc(-n2c3ccccc3c3cc(-c4ccc5c(c4)c4ccccc4n5-c4nc(-c5ccc(-n6c7ccccc7c7ccc8c9ccccc9oc8c76)cc5)c5ccc6ccccc6c5n4)ccc32)cc1. The van der Waals surface area contributed by atoms with Crippen LogP contribution in [0.2, 0.25) is 0 Å². The largest absolute Gasteiger partial charge is 0.454 e. The Morgan fingerprint density at radius 1 is 0.306 bits per heavy atom. The van der Waals surface area contributed by atoms with Gasteiger partial charge in [-0.1, -0.05) is 152 Å². The average Bonchev–Trinajstić information content (AvgIpc) is 4.19. The van der Waals surface area contributed by atoms with E-state index in [-0.39, 0.29) is 0 Å². The van der Waals surface area contributed by atoms with Gasteiger partial charge in [-0.3, -0.25) is 4.57 Å². The molecule has 334 valence electrons. The highest BCUT2D eigenvalue weighted by Gasteiger charge is 2.22. The fourth-order valence-electron chi connectivity index (χ4n) is 11.8. The molecule has 0 radical (unpaired) electrons. The van der Waals surface area contributed by atoms with Gasteiger partial charge in [-0.2, -0.15) is 0 Å². The van der Waals surface area contributed by atoms with Crippen LogP contribution in [0.1, 0.15) is 0 Å². The monoisotopic (exact) mass is 917 g/mol. The van der Waals surface area contributed by atoms with E-state index in [1.807, 2.05) is 6.07 Å². The van der Waals surface area contributed by atoms with E-state index in [9.17, 15) is 0 Å². The van der Waals surface area contributed by atoms with Crippen LogP contribution >= 0.6 is 0 Å². The van der Waals surface area contributed by atoms with Gasteiger partial charge in [0.05, 0.1) is 44.3 Å². The third-order valence-electron chi connectivity index (χ3n) is 15.1. The molecule has 0 saturated carbocycles. The molecule has 5 aromatic heterocycles. The molecule has 0 saturated heterocycles. The summed E-state index contributed by atoms with van der Waals surface area (Å²) in [6.07, 6.45) is 0. The van der Waals surface area contributed by atoms with Crippen molar-refractivity contribution in [3.8, 4) is 39.7 Å². The molecule has 16 rings (SSSR count). The van der Waals surface area contributed by atoms with E-state index in [1.54, 1.807) is 0 Å². The molecule has 16 aromatic rings. The zero-order chi connectivity index (χ0) is 47.0. The fourth-order valence-corrected chi connectivity index (χ4v) is 11.8. The number of rotatable bonds is 5. The van der Waals surface area contributed by atoms with Crippen molar-refractivity contribution < 1.29 is 4.42 Å². The molecule has 0 fully saturated rings. The van der Waals surface area contributed by atoms with E-state index >= 15 is 0 Å². The number of furan rings is 1. The minimum atomic E-state index is 0.627. The Bertz CT molecular complexity index is 4920. The summed E-state index contributed by atoms with van der Waals surface area (Å²) in [5, 5.41) is 12.5. The average molecular weight is 918 g/mol. The summed E-state index contributed by atoms with van der Waals surface area (Å²) in [4.78, 5) is 11.1. The van der Waals surface area contributed by atoms with E-state index in [4.69, 9.17) is 14.4 Å². The molecule has 5 heterocycles. The predicted molar refractivity (Wildman–Crippen MR) is 298 cm³/mol. The summed E-state index contributed by atoms with van der Waals surface area (Å²) in [6.45, 7) is 0. The van der Waals surface area contributed by atoms with Crippen molar-refractivity contribution in [3.05, 3.63) is 237 Å². The van der Waals surface area contributed by atoms with Gasteiger partial charge in [0.2, 0.25) is 5.95 Å². The number of para-hydroxylation sites is 5. The van der Waals surface area contributed by atoms with E-state index in [0.717, 1.165) is 110 Å². The van der Waals surface area contributed by atoms with Crippen LogP contribution in [0.5, 0.6) is 0 Å². The molecular weight excluding hydrogens is 879 g/mol. The Balaban J connectivity index is 0.877. The van der Waals surface area contributed by atoms with Gasteiger partial charge in [0, 0.05) is 70.8 Å². The van der Waals surface area contributed by atoms with Crippen LogP contribution in [-0.2, 0) is 0 Å². The Morgan fingerprint density at radius 2 is 0.819 bits per heavy atom. The third kappa shape index (κ3) is 5.54. The molecule has 0 aliphatic rings. The summed E-state index contributed by atoms with van der Waals surface area (Å²) in [7, 11) is 0. The summed E-state index contributed by atoms with van der Waals surface area (Å²) in [6, 6.07) is 84.9. The highest BCUT2D eigenvalue weighted by Crippen LogP contribution is 2.43. The maximum absolute atomic E-state index is 6.68. The minimum Gasteiger partial charge on any atom is -0.454 e. The lowest BCUT2D eigenvalue weighted by Gasteiger charge is -2.14. The number of hydrogen-bond donors (Lipinski definition) is 0. The maximum Gasteiger partial charge on any atom is 0.235 e. The second-order valence-corrected chi connectivity index (χ2v) is 18.9. The molecule has 0 unspecified atom stereocenters. The highest BCUT2D eigenvalue weighted by atomic mass is 16.3. The summed E-state index contributed by atoms with van der Waals surface area (Å²) in [5.41, 5.74) is 15.7. The first-order chi connectivity index (χ1) is 35.7. The van der Waals surface area contributed by atoms with Crippen molar-refractivity contribution in [2.24, 2.45) is 0 Å². The summed E-state index contributed by atoms with van der Waals surface area (Å²) < 4.78 is 13.6. The Morgan fingerprint density at radius 3 is 1.54 bits per heavy atom. The van der Waals surface area contributed by atoms with E-state index in [0.29, 0.717) is 5.95 Å². The van der Waals surface area contributed by atoms with E-state index in [1.165, 1.54) is 32.8 Å². The summed E-state index contributed by atoms with van der Waals surface area (Å²) >= 11 is 0. The van der Waals surface area contributed by atoms with Crippen molar-refractivity contribution in [3.63, 3.8) is 0 Å². The minimum absolute atomic E-state index is 0.627. The van der Waals surface area contributed by atoms with Crippen LogP contribution in [0.15, 0.2) is 241 Å². The number of hydrogen-bond acceptors (Lipinski definition) is 3. The van der Waals surface area contributed by atoms with Crippen molar-refractivity contribution in [2.75, 3.05) is 0 Å². The molecule has 6 nitrogen and oxygen atoms in total. The molecule has 6 heteroatoms. The number of aromatic nitrogens is 5. The van der Waals surface area contributed by atoms with Gasteiger partial charge < -0.3 is 13.6 Å². The Hall–Kier alpha value is -9.78. The topological polar surface area (TPSA) is 53.7 Å². The number of fused-ring (bicyclic) bond motifs is 16. The van der Waals surface area contributed by atoms with Crippen molar-refractivity contribution in [1.29, 1.82) is 0 Å². The van der Waals surface area contributed by atoms with Crippen molar-refractivity contribution in [1.82, 2.24) is 23.7 Å². The maximum atomic E-state index is 6.68. The molecule has 0 N–H and O–H groups in total. The normalized spacial score (nSPS) is 12.2. The Kier molecular flexibility index (Phi) is 8.07. The van der Waals surface area contributed by atoms with Gasteiger partial charge in [0.25, 0.3) is 0 Å². The molecule has 0 bridgehead atoms. The summed E-state index contributed by atoms with van der Waals surface area (Å²) in [5.74, 6) is 0.627. The predicted octanol–water partition coefficient (Wildman–Crippen LogP) is 17.3. The van der Waals surface area contributed by atoms with Crippen molar-refractivity contribution in [2.45, 2.75) is 0 Å². The van der Waals surface area contributed by atoms with Gasteiger partial charge in [-0.05, 0) is 101 Å². The first-order valence-corrected chi connectivity index (χ1v) is 24.5. The van der Waals surface area contributed by atoms with Crippen LogP contribution in [-0.4, -0.2) is 23.7 Å². The first kappa shape index (κ1) is 39.1. The van der Waals surface area contributed by atoms with Gasteiger partial charge in [0.15, 0.2) is 5.58 Å². The molecule has 0 aliphatic heterocycles. The molecule has 0 amide bonds. The molecule has 11 aromatic carbocycles. The Labute approximate surface area is 411 Å². The number of nitrogens with zero attached hydrogens (tertiary/aromatic N) is 5. The van der Waals surface area contributed by atoms with Crippen LogP contribution < -0.4 is 0 Å². The van der Waals surface area contributed by atoms with Gasteiger partial charge in [-0.15, -0.1) is 0 Å². The van der Waals surface area contributed by atoms with Crippen LogP contribution in [0.25, 0.3) is 149 Å². The second kappa shape index (κ2) is 14.9. The quantitative estimate of drug-likeness (QED) is 0.162. The lowest BCUT2D eigenvalue weighted by molar-refractivity contribution is 0.671. The number of benzene rings is 11. The molecule has 72 heavy (non-hydrogen) atoms. The lowest BCUT2D eigenvalue weighted by Crippen LogP contribution is -2.04. The van der Waals surface area contributed by atoms with Gasteiger partial charge in [-0.25, -0.2) is 9.97 Å². The zero-order valence-electron chi connectivity index (χ0n) is 38.7. The molecule has 0 aliphatic carbocycles. The zero-order valence-corrected chi connectivity index (χ0v) is 38.7. The smallest absolute Gasteiger partial charge is 0.235 e. The van der Waals surface area contributed by atoms with Crippen LogP contribution in [0.4, 0.5) is 0 Å². The lowest BCUT2D eigenvalue weighted by atomic mass is 10.0. The molecule has 0 spiro atoms. The first-order valence-electron chi connectivity index (χ1n) is 24.5. The van der Waals surface area contributed by atoms with Crippen LogP contribution in [0.3, 0.4) is 0 Å². The van der Waals surface area contributed by atoms with Gasteiger partial charge in [0.1, 0.15) is 5.58 Å². The van der Waals surface area contributed by atoms with Gasteiger partial charge >= 0.3 is 0 Å². The van der Waals surface area contributed by atoms with E-state index in [2.05, 4.69) is 244 Å². The third-order valence-corrected chi connectivity index (χ3v) is 15.1. The van der Waals surface area contributed by atoms with E-state index < -0.39 is 0 Å². The second-order valence-electron chi connectivity index (χ2n) is 18.9. The fraction of sp³-hybridized carbons (Fsp3) is 0. The van der Waals surface area contributed by atoms with Crippen molar-refractivity contribution >= 4 is 109 Å².